The molecule has 0 radical (unpaired) electrons. The summed E-state index contributed by atoms with van der Waals surface area (Å²) in [6.45, 7) is 6.03. The van der Waals surface area contributed by atoms with Crippen LogP contribution in [0.3, 0.4) is 0 Å². The molecule has 0 heterocycles. The first-order valence-corrected chi connectivity index (χ1v) is 8.54. The van der Waals surface area contributed by atoms with E-state index in [1.807, 2.05) is 31.2 Å². The van der Waals surface area contributed by atoms with E-state index in [9.17, 15) is 10.1 Å². The number of anilines is 3. The number of hydrogen-bond acceptors (Lipinski definition) is 4. The molecule has 0 aliphatic heterocycles. The molecule has 2 aromatic carbocycles. The molecule has 4 N–H and O–H groups in total. The summed E-state index contributed by atoms with van der Waals surface area (Å²) in [5.41, 5.74) is 9.41. The highest BCUT2D eigenvalue weighted by atomic mass is 35.5. The monoisotopic (exact) mass is 368 g/mol. The lowest BCUT2D eigenvalue weighted by Gasteiger charge is -2.16. The van der Waals surface area contributed by atoms with E-state index < -0.39 is 5.91 Å². The smallest absolute Gasteiger partial charge is 0.267 e. The summed E-state index contributed by atoms with van der Waals surface area (Å²) < 4.78 is 0. The van der Waals surface area contributed by atoms with Crippen LogP contribution in [0, 0.1) is 18.3 Å². The van der Waals surface area contributed by atoms with Gasteiger partial charge in [-0.05, 0) is 42.2 Å². The summed E-state index contributed by atoms with van der Waals surface area (Å²) in [5.74, 6) is -0.229. The first kappa shape index (κ1) is 19.4. The van der Waals surface area contributed by atoms with Gasteiger partial charge in [0.2, 0.25) is 0 Å². The van der Waals surface area contributed by atoms with Crippen molar-refractivity contribution in [1.82, 2.24) is 0 Å². The molecule has 0 saturated heterocycles. The van der Waals surface area contributed by atoms with Crippen molar-refractivity contribution in [3.8, 4) is 6.07 Å². The Kier molecular flexibility index (Phi) is 6.26. The molecule has 1 amide bonds. The van der Waals surface area contributed by atoms with Crippen LogP contribution in [0.2, 0.25) is 5.02 Å². The highest BCUT2D eigenvalue weighted by Crippen LogP contribution is 2.28. The molecule has 0 saturated carbocycles. The Morgan fingerprint density at radius 2 is 2.04 bits per heavy atom. The molecule has 0 aromatic heterocycles. The number of carbonyl (C=O) groups excluding carboxylic acids is 1. The topological polar surface area (TPSA) is 90.9 Å². The van der Waals surface area contributed by atoms with Crippen molar-refractivity contribution < 1.29 is 4.79 Å². The Labute approximate surface area is 158 Å². The fraction of sp³-hybridized carbons (Fsp3) is 0.200. The summed E-state index contributed by atoms with van der Waals surface area (Å²) >= 11 is 5.97. The molecule has 0 aliphatic carbocycles. The van der Waals surface area contributed by atoms with E-state index >= 15 is 0 Å². The predicted octanol–water partition coefficient (Wildman–Crippen LogP) is 4.81. The summed E-state index contributed by atoms with van der Waals surface area (Å²) in [6.07, 6.45) is 1.35. The minimum Gasteiger partial charge on any atom is -0.398 e. The molecule has 0 aliphatic rings. The van der Waals surface area contributed by atoms with Gasteiger partial charge in [-0.15, -0.1) is 0 Å². The lowest BCUT2D eigenvalue weighted by Crippen LogP contribution is -2.17. The fourth-order valence-corrected chi connectivity index (χ4v) is 2.62. The number of carbonyl (C=O) groups is 1. The standard InChI is InChI=1S/C20H21ClN4O/c1-12(2)16-6-4-5-13(3)19(16)25-20(26)14(10-22)11-24-15-7-8-18(23)17(21)9-15/h4-9,11-12,24H,23H2,1-3H3,(H,25,26)/b14-11-. The van der Waals surface area contributed by atoms with Crippen LogP contribution in [0.25, 0.3) is 0 Å². The molecule has 6 heteroatoms. The van der Waals surface area contributed by atoms with E-state index in [4.69, 9.17) is 17.3 Å². The van der Waals surface area contributed by atoms with Crippen molar-refractivity contribution in [3.05, 3.63) is 64.3 Å². The second-order valence-corrected chi connectivity index (χ2v) is 6.61. The zero-order chi connectivity index (χ0) is 19.3. The minimum absolute atomic E-state index is 0.0455. The zero-order valence-corrected chi connectivity index (χ0v) is 15.7. The summed E-state index contributed by atoms with van der Waals surface area (Å²) in [6, 6.07) is 12.7. The lowest BCUT2D eigenvalue weighted by atomic mass is 9.98. The number of benzene rings is 2. The van der Waals surface area contributed by atoms with E-state index in [0.717, 1.165) is 16.8 Å². The number of para-hydroxylation sites is 1. The molecule has 0 spiro atoms. The number of hydrogen-bond donors (Lipinski definition) is 3. The van der Waals surface area contributed by atoms with Crippen molar-refractivity contribution in [2.75, 3.05) is 16.4 Å². The van der Waals surface area contributed by atoms with E-state index in [-0.39, 0.29) is 11.5 Å². The maximum absolute atomic E-state index is 12.5. The highest BCUT2D eigenvalue weighted by molar-refractivity contribution is 6.33. The van der Waals surface area contributed by atoms with Crippen LogP contribution < -0.4 is 16.4 Å². The van der Waals surface area contributed by atoms with Gasteiger partial charge in [-0.3, -0.25) is 4.79 Å². The normalized spacial score (nSPS) is 11.2. The Morgan fingerprint density at radius 1 is 1.31 bits per heavy atom. The average Bonchev–Trinajstić information content (AvgIpc) is 2.60. The van der Waals surface area contributed by atoms with Gasteiger partial charge in [0, 0.05) is 17.6 Å². The summed E-state index contributed by atoms with van der Waals surface area (Å²) in [4.78, 5) is 12.5. The third kappa shape index (κ3) is 4.56. The highest BCUT2D eigenvalue weighted by Gasteiger charge is 2.15. The Balaban J connectivity index is 2.22. The molecule has 0 atom stereocenters. The lowest BCUT2D eigenvalue weighted by molar-refractivity contribution is -0.112. The minimum atomic E-state index is -0.474. The predicted molar refractivity (Wildman–Crippen MR) is 107 cm³/mol. The van der Waals surface area contributed by atoms with Gasteiger partial charge in [0.25, 0.3) is 5.91 Å². The molecule has 26 heavy (non-hydrogen) atoms. The van der Waals surface area contributed by atoms with E-state index in [1.54, 1.807) is 18.2 Å². The second-order valence-electron chi connectivity index (χ2n) is 6.20. The quantitative estimate of drug-likeness (QED) is 0.401. The molecule has 2 rings (SSSR count). The van der Waals surface area contributed by atoms with Gasteiger partial charge >= 0.3 is 0 Å². The SMILES string of the molecule is Cc1cccc(C(C)C)c1NC(=O)/C(C#N)=C\Nc1ccc(N)c(Cl)c1. The maximum Gasteiger partial charge on any atom is 0.267 e. The Morgan fingerprint density at radius 3 is 2.65 bits per heavy atom. The third-order valence-electron chi connectivity index (χ3n) is 3.91. The van der Waals surface area contributed by atoms with Crippen LogP contribution in [-0.2, 0) is 4.79 Å². The molecule has 134 valence electrons. The van der Waals surface area contributed by atoms with Crippen molar-refractivity contribution in [2.24, 2.45) is 0 Å². The van der Waals surface area contributed by atoms with Crippen molar-refractivity contribution in [1.29, 1.82) is 5.26 Å². The fourth-order valence-electron chi connectivity index (χ4n) is 2.44. The summed E-state index contributed by atoms with van der Waals surface area (Å²) in [7, 11) is 0. The number of amides is 1. The van der Waals surface area contributed by atoms with E-state index in [2.05, 4.69) is 24.5 Å². The molecular weight excluding hydrogens is 348 g/mol. The van der Waals surface area contributed by atoms with Gasteiger partial charge in [0.05, 0.1) is 10.7 Å². The van der Waals surface area contributed by atoms with Crippen LogP contribution in [0.4, 0.5) is 17.1 Å². The largest absolute Gasteiger partial charge is 0.398 e. The summed E-state index contributed by atoms with van der Waals surface area (Å²) in [5, 5.41) is 15.5. The van der Waals surface area contributed by atoms with Crippen molar-refractivity contribution in [2.45, 2.75) is 26.7 Å². The van der Waals surface area contributed by atoms with Gasteiger partial charge < -0.3 is 16.4 Å². The number of halogens is 1. The maximum atomic E-state index is 12.5. The first-order chi connectivity index (χ1) is 12.3. The van der Waals surface area contributed by atoms with Crippen molar-refractivity contribution >= 4 is 34.6 Å². The number of nitrogen functional groups attached to an aromatic ring is 1. The molecule has 0 unspecified atom stereocenters. The number of nitrogens with two attached hydrogens (primary N) is 1. The van der Waals surface area contributed by atoms with Crippen LogP contribution in [0.5, 0.6) is 0 Å². The third-order valence-corrected chi connectivity index (χ3v) is 4.24. The molecule has 5 nitrogen and oxygen atoms in total. The van der Waals surface area contributed by atoms with Gasteiger partial charge in [-0.1, -0.05) is 43.6 Å². The van der Waals surface area contributed by atoms with Gasteiger partial charge in [-0.25, -0.2) is 0 Å². The van der Waals surface area contributed by atoms with Gasteiger partial charge in [0.15, 0.2) is 0 Å². The second kappa shape index (κ2) is 8.41. The van der Waals surface area contributed by atoms with Crippen LogP contribution in [0.15, 0.2) is 48.2 Å². The van der Waals surface area contributed by atoms with Crippen molar-refractivity contribution in [3.63, 3.8) is 0 Å². The van der Waals surface area contributed by atoms with Crippen LogP contribution in [-0.4, -0.2) is 5.91 Å². The zero-order valence-electron chi connectivity index (χ0n) is 14.9. The van der Waals surface area contributed by atoms with E-state index in [0.29, 0.717) is 16.4 Å². The number of rotatable bonds is 5. The molecule has 0 fully saturated rings. The Bertz CT molecular complexity index is 897. The molecule has 0 bridgehead atoms. The van der Waals surface area contributed by atoms with E-state index in [1.165, 1.54) is 6.20 Å². The van der Waals surface area contributed by atoms with Gasteiger partial charge in [-0.2, -0.15) is 5.26 Å². The van der Waals surface area contributed by atoms with Gasteiger partial charge in [0.1, 0.15) is 11.6 Å². The van der Waals surface area contributed by atoms with Crippen LogP contribution in [0.1, 0.15) is 30.9 Å². The Hall–Kier alpha value is -2.97. The number of nitrogens with zero attached hydrogens (tertiary/aromatic N) is 1. The average molecular weight is 369 g/mol. The number of nitrogens with one attached hydrogen (secondary N) is 2. The first-order valence-electron chi connectivity index (χ1n) is 8.16. The molecular formula is C20H21ClN4O. The number of nitriles is 1. The van der Waals surface area contributed by atoms with Crippen LogP contribution >= 0.6 is 11.6 Å². The number of aryl methyl sites for hydroxylation is 1. The molecule has 2 aromatic rings.